The van der Waals surface area contributed by atoms with Crippen molar-refractivity contribution in [1.82, 2.24) is 4.98 Å². The van der Waals surface area contributed by atoms with Crippen LogP contribution < -0.4 is 0 Å². The van der Waals surface area contributed by atoms with Gasteiger partial charge in [0.2, 0.25) is 0 Å². The third-order valence-electron chi connectivity index (χ3n) is 2.67. The first-order chi connectivity index (χ1) is 8.01. The molecule has 0 aliphatic heterocycles. The van der Waals surface area contributed by atoms with Gasteiger partial charge < -0.3 is 5.11 Å². The van der Waals surface area contributed by atoms with E-state index in [9.17, 15) is 13.9 Å². The van der Waals surface area contributed by atoms with Gasteiger partial charge in [0, 0.05) is 17.3 Å². The van der Waals surface area contributed by atoms with Crippen molar-refractivity contribution < 1.29 is 13.9 Å². The summed E-state index contributed by atoms with van der Waals surface area (Å²) in [5.74, 6) is -1.11. The zero-order valence-electron chi connectivity index (χ0n) is 9.19. The van der Waals surface area contributed by atoms with Crippen LogP contribution in [0, 0.1) is 11.6 Å². The Balaban J connectivity index is 2.53. The Bertz CT molecular complexity index is 540. The van der Waals surface area contributed by atoms with Gasteiger partial charge in [-0.25, -0.2) is 8.78 Å². The number of nitrogens with zero attached hydrogens (tertiary/aromatic N) is 1. The summed E-state index contributed by atoms with van der Waals surface area (Å²) in [7, 11) is 0. The highest BCUT2D eigenvalue weighted by Gasteiger charge is 2.29. The molecule has 4 heteroatoms. The molecule has 2 rings (SSSR count). The number of halogens is 2. The van der Waals surface area contributed by atoms with E-state index in [-0.39, 0.29) is 11.1 Å². The van der Waals surface area contributed by atoms with Crippen LogP contribution in [-0.2, 0) is 5.60 Å². The van der Waals surface area contributed by atoms with Gasteiger partial charge in [-0.05, 0) is 19.1 Å². The molecule has 0 amide bonds. The van der Waals surface area contributed by atoms with Gasteiger partial charge in [-0.15, -0.1) is 0 Å². The highest BCUT2D eigenvalue weighted by Crippen LogP contribution is 2.30. The molecule has 1 aromatic carbocycles. The van der Waals surface area contributed by atoms with Crippen molar-refractivity contribution >= 4 is 0 Å². The van der Waals surface area contributed by atoms with Crippen LogP contribution in [0.4, 0.5) is 8.78 Å². The smallest absolute Gasteiger partial charge is 0.141 e. The molecule has 1 aromatic heterocycles. The first-order valence-corrected chi connectivity index (χ1v) is 5.10. The molecule has 0 saturated heterocycles. The molecule has 1 heterocycles. The number of hydrogen-bond donors (Lipinski definition) is 1. The third kappa shape index (κ3) is 2.17. The lowest BCUT2D eigenvalue weighted by molar-refractivity contribution is 0.0971. The highest BCUT2D eigenvalue weighted by atomic mass is 19.1. The zero-order chi connectivity index (χ0) is 12.5. The first kappa shape index (κ1) is 11.7. The maximum absolute atomic E-state index is 13.6. The van der Waals surface area contributed by atoms with Crippen molar-refractivity contribution in [3.63, 3.8) is 0 Å². The highest BCUT2D eigenvalue weighted by molar-refractivity contribution is 5.34. The van der Waals surface area contributed by atoms with E-state index in [2.05, 4.69) is 4.98 Å². The van der Waals surface area contributed by atoms with E-state index >= 15 is 0 Å². The molecule has 0 spiro atoms. The molecule has 2 nitrogen and oxygen atoms in total. The van der Waals surface area contributed by atoms with Crippen LogP contribution in [-0.4, -0.2) is 10.1 Å². The molecule has 0 radical (unpaired) electrons. The topological polar surface area (TPSA) is 33.1 Å². The van der Waals surface area contributed by atoms with Gasteiger partial charge in [0.15, 0.2) is 0 Å². The van der Waals surface area contributed by atoms with Gasteiger partial charge in [-0.3, -0.25) is 4.98 Å². The molecule has 1 N–H and O–H groups in total. The molecule has 0 aliphatic rings. The fourth-order valence-corrected chi connectivity index (χ4v) is 1.69. The molecule has 17 heavy (non-hydrogen) atoms. The maximum Gasteiger partial charge on any atom is 0.141 e. The van der Waals surface area contributed by atoms with E-state index in [1.807, 2.05) is 0 Å². The molecule has 0 fully saturated rings. The number of aliphatic hydroxyl groups is 1. The van der Waals surface area contributed by atoms with Crippen LogP contribution in [0.1, 0.15) is 18.1 Å². The quantitative estimate of drug-likeness (QED) is 0.868. The number of pyridine rings is 1. The number of aromatic nitrogens is 1. The Labute approximate surface area is 97.6 Å². The molecular formula is C13H11F2NO. The van der Waals surface area contributed by atoms with E-state index in [0.29, 0.717) is 0 Å². The van der Waals surface area contributed by atoms with E-state index in [4.69, 9.17) is 0 Å². The average molecular weight is 235 g/mol. The first-order valence-electron chi connectivity index (χ1n) is 5.10. The summed E-state index contributed by atoms with van der Waals surface area (Å²) >= 11 is 0. The van der Waals surface area contributed by atoms with E-state index in [1.54, 1.807) is 6.07 Å². The summed E-state index contributed by atoms with van der Waals surface area (Å²) in [4.78, 5) is 3.65. The Hall–Kier alpha value is -1.81. The second-order valence-corrected chi connectivity index (χ2v) is 3.94. The maximum atomic E-state index is 13.6. The molecule has 1 unspecified atom stereocenters. The minimum atomic E-state index is -1.61. The third-order valence-corrected chi connectivity index (χ3v) is 2.67. The molecule has 88 valence electrons. The summed E-state index contributed by atoms with van der Waals surface area (Å²) in [6.07, 6.45) is 2.34. The predicted molar refractivity (Wildman–Crippen MR) is 59.3 cm³/mol. The summed E-state index contributed by atoms with van der Waals surface area (Å²) < 4.78 is 26.6. The largest absolute Gasteiger partial charge is 0.381 e. The normalized spacial score (nSPS) is 14.4. The SMILES string of the molecule is CC(O)(c1cncc(F)c1)c1ccccc1F. The Morgan fingerprint density at radius 2 is 1.88 bits per heavy atom. The summed E-state index contributed by atoms with van der Waals surface area (Å²) in [5, 5.41) is 10.3. The van der Waals surface area contributed by atoms with Crippen LogP contribution in [0.3, 0.4) is 0 Å². The molecule has 2 aromatic rings. The van der Waals surface area contributed by atoms with Gasteiger partial charge in [0.1, 0.15) is 17.2 Å². The average Bonchev–Trinajstić information content (AvgIpc) is 2.29. The Kier molecular flexibility index (Phi) is 2.90. The zero-order valence-corrected chi connectivity index (χ0v) is 9.19. The lowest BCUT2D eigenvalue weighted by Gasteiger charge is -2.24. The van der Waals surface area contributed by atoms with Gasteiger partial charge in [0.25, 0.3) is 0 Å². The predicted octanol–water partition coefficient (Wildman–Crippen LogP) is 2.62. The van der Waals surface area contributed by atoms with Crippen LogP contribution in [0.5, 0.6) is 0 Å². The molecular weight excluding hydrogens is 224 g/mol. The van der Waals surface area contributed by atoms with Crippen LogP contribution in [0.2, 0.25) is 0 Å². The Morgan fingerprint density at radius 1 is 1.18 bits per heavy atom. The van der Waals surface area contributed by atoms with Gasteiger partial charge in [-0.2, -0.15) is 0 Å². The van der Waals surface area contributed by atoms with Crippen molar-refractivity contribution in [2.45, 2.75) is 12.5 Å². The number of hydrogen-bond acceptors (Lipinski definition) is 2. The van der Waals surface area contributed by atoms with Crippen molar-refractivity contribution in [1.29, 1.82) is 0 Å². The van der Waals surface area contributed by atoms with Crippen molar-refractivity contribution in [3.8, 4) is 0 Å². The molecule has 0 saturated carbocycles. The molecule has 0 bridgehead atoms. The lowest BCUT2D eigenvalue weighted by atomic mass is 9.89. The fraction of sp³-hybridized carbons (Fsp3) is 0.154. The van der Waals surface area contributed by atoms with Crippen molar-refractivity contribution in [3.05, 3.63) is 65.5 Å². The van der Waals surface area contributed by atoms with Gasteiger partial charge >= 0.3 is 0 Å². The van der Waals surface area contributed by atoms with E-state index in [0.717, 1.165) is 12.3 Å². The molecule has 0 aliphatic carbocycles. The number of rotatable bonds is 2. The minimum Gasteiger partial charge on any atom is -0.381 e. The van der Waals surface area contributed by atoms with Gasteiger partial charge in [0.05, 0.1) is 6.20 Å². The lowest BCUT2D eigenvalue weighted by Crippen LogP contribution is -2.24. The van der Waals surface area contributed by atoms with Crippen molar-refractivity contribution in [2.24, 2.45) is 0 Å². The van der Waals surface area contributed by atoms with E-state index < -0.39 is 17.2 Å². The standard InChI is InChI=1S/C13H11F2NO/c1-13(17,9-6-10(14)8-16-7-9)11-4-2-3-5-12(11)15/h2-8,17H,1H3. The van der Waals surface area contributed by atoms with E-state index in [1.165, 1.54) is 31.3 Å². The van der Waals surface area contributed by atoms with Gasteiger partial charge in [-0.1, -0.05) is 18.2 Å². The Morgan fingerprint density at radius 3 is 2.53 bits per heavy atom. The van der Waals surface area contributed by atoms with Crippen molar-refractivity contribution in [2.75, 3.05) is 0 Å². The fourth-order valence-electron chi connectivity index (χ4n) is 1.69. The van der Waals surface area contributed by atoms with Crippen LogP contribution in [0.15, 0.2) is 42.7 Å². The minimum absolute atomic E-state index is 0.0902. The second kappa shape index (κ2) is 4.22. The second-order valence-electron chi connectivity index (χ2n) is 3.94. The monoisotopic (exact) mass is 235 g/mol. The number of benzene rings is 1. The van der Waals surface area contributed by atoms with Crippen LogP contribution >= 0.6 is 0 Å². The summed E-state index contributed by atoms with van der Waals surface area (Å²) in [5.41, 5.74) is -1.31. The summed E-state index contributed by atoms with van der Waals surface area (Å²) in [6, 6.07) is 6.98. The molecule has 1 atom stereocenters. The summed E-state index contributed by atoms with van der Waals surface area (Å²) in [6.45, 7) is 1.40. The van der Waals surface area contributed by atoms with Crippen LogP contribution in [0.25, 0.3) is 0 Å².